The molecule has 1 aromatic rings. The second-order valence-corrected chi connectivity index (χ2v) is 2.61. The van der Waals surface area contributed by atoms with Crippen LogP contribution < -0.4 is 5.73 Å². The summed E-state index contributed by atoms with van der Waals surface area (Å²) in [5, 5.41) is 8.82. The first-order chi connectivity index (χ1) is 5.61. The Bertz CT molecular complexity index is 268. The summed E-state index contributed by atoms with van der Waals surface area (Å²) >= 11 is 0. The van der Waals surface area contributed by atoms with Crippen LogP contribution >= 0.6 is 0 Å². The van der Waals surface area contributed by atoms with E-state index >= 15 is 0 Å². The van der Waals surface area contributed by atoms with Gasteiger partial charge >= 0.3 is 5.97 Å². The van der Waals surface area contributed by atoms with Crippen LogP contribution in [0.3, 0.4) is 0 Å². The minimum Gasteiger partial charge on any atom is -0.480 e. The Kier molecular flexibility index (Phi) is 2.19. The van der Waals surface area contributed by atoms with Crippen molar-refractivity contribution in [3.63, 3.8) is 0 Å². The van der Waals surface area contributed by atoms with E-state index in [2.05, 4.69) is 0 Å². The van der Waals surface area contributed by atoms with Crippen LogP contribution in [0.5, 0.6) is 0 Å². The van der Waals surface area contributed by atoms with Gasteiger partial charge < -0.3 is 15.3 Å². The standard InChI is InChI=1S/C8H11NO3/c1-2-8(9,7(10)11)6-4-3-5-12-6/h3-5H,2,9H2,1H3,(H,10,11). The Hall–Kier alpha value is -1.29. The van der Waals surface area contributed by atoms with Gasteiger partial charge in [-0.25, -0.2) is 4.79 Å². The van der Waals surface area contributed by atoms with E-state index in [-0.39, 0.29) is 5.76 Å². The SMILES string of the molecule is CCC(N)(C(=O)O)c1ccco1. The molecule has 0 saturated heterocycles. The fourth-order valence-corrected chi connectivity index (χ4v) is 0.963. The van der Waals surface area contributed by atoms with E-state index in [9.17, 15) is 4.79 Å². The summed E-state index contributed by atoms with van der Waals surface area (Å²) in [6.45, 7) is 1.70. The molecule has 0 aliphatic rings. The summed E-state index contributed by atoms with van der Waals surface area (Å²) < 4.78 is 4.94. The molecule has 12 heavy (non-hydrogen) atoms. The first-order valence-corrected chi connectivity index (χ1v) is 3.67. The molecule has 0 amide bonds. The van der Waals surface area contributed by atoms with Crippen molar-refractivity contribution in [2.24, 2.45) is 5.73 Å². The average Bonchev–Trinajstić information content (AvgIpc) is 2.54. The highest BCUT2D eigenvalue weighted by Gasteiger charge is 2.36. The van der Waals surface area contributed by atoms with Gasteiger partial charge in [-0.2, -0.15) is 0 Å². The van der Waals surface area contributed by atoms with Crippen LogP contribution in [0, 0.1) is 0 Å². The summed E-state index contributed by atoms with van der Waals surface area (Å²) in [7, 11) is 0. The lowest BCUT2D eigenvalue weighted by Gasteiger charge is -2.19. The van der Waals surface area contributed by atoms with Crippen LogP contribution in [0.25, 0.3) is 0 Å². The third kappa shape index (κ3) is 1.21. The van der Waals surface area contributed by atoms with Gasteiger partial charge in [-0.05, 0) is 18.6 Å². The average molecular weight is 169 g/mol. The molecule has 0 aliphatic carbocycles. The van der Waals surface area contributed by atoms with Gasteiger partial charge in [-0.1, -0.05) is 6.92 Å². The van der Waals surface area contributed by atoms with Gasteiger partial charge in [0.2, 0.25) is 0 Å². The number of carboxylic acid groups (broad SMARTS) is 1. The molecule has 0 aromatic carbocycles. The lowest BCUT2D eigenvalue weighted by molar-refractivity contribution is -0.144. The number of carboxylic acids is 1. The van der Waals surface area contributed by atoms with Crippen LogP contribution in [-0.4, -0.2) is 11.1 Å². The molecular weight excluding hydrogens is 158 g/mol. The number of hydrogen-bond acceptors (Lipinski definition) is 3. The fourth-order valence-electron chi connectivity index (χ4n) is 0.963. The van der Waals surface area contributed by atoms with Crippen LogP contribution in [-0.2, 0) is 10.3 Å². The molecule has 1 atom stereocenters. The molecule has 1 heterocycles. The summed E-state index contributed by atoms with van der Waals surface area (Å²) in [6.07, 6.45) is 1.71. The molecule has 0 spiro atoms. The molecule has 0 fully saturated rings. The predicted octanol–water partition coefficient (Wildman–Crippen LogP) is 0.928. The summed E-state index contributed by atoms with van der Waals surface area (Å²) in [5.74, 6) is -0.780. The van der Waals surface area contributed by atoms with E-state index in [4.69, 9.17) is 15.3 Å². The molecule has 1 aromatic heterocycles. The zero-order chi connectivity index (χ0) is 9.19. The number of furan rings is 1. The van der Waals surface area contributed by atoms with Crippen molar-refractivity contribution < 1.29 is 14.3 Å². The Morgan fingerprint density at radius 2 is 2.50 bits per heavy atom. The van der Waals surface area contributed by atoms with Crippen LogP contribution in [0.15, 0.2) is 22.8 Å². The van der Waals surface area contributed by atoms with Crippen LogP contribution in [0.1, 0.15) is 19.1 Å². The monoisotopic (exact) mass is 169 g/mol. The topological polar surface area (TPSA) is 76.5 Å². The Morgan fingerprint density at radius 3 is 2.83 bits per heavy atom. The second-order valence-electron chi connectivity index (χ2n) is 2.61. The minimum absolute atomic E-state index is 0.289. The molecule has 3 N–H and O–H groups in total. The highest BCUT2D eigenvalue weighted by Crippen LogP contribution is 2.22. The fraction of sp³-hybridized carbons (Fsp3) is 0.375. The van der Waals surface area contributed by atoms with E-state index in [1.54, 1.807) is 19.1 Å². The molecule has 1 unspecified atom stereocenters. The van der Waals surface area contributed by atoms with E-state index < -0.39 is 11.5 Å². The van der Waals surface area contributed by atoms with Gasteiger partial charge in [0.15, 0.2) is 5.54 Å². The first kappa shape index (κ1) is 8.80. The molecule has 66 valence electrons. The van der Waals surface area contributed by atoms with Gasteiger partial charge in [0, 0.05) is 0 Å². The number of aliphatic carboxylic acids is 1. The Morgan fingerprint density at radius 1 is 1.83 bits per heavy atom. The first-order valence-electron chi connectivity index (χ1n) is 3.67. The number of nitrogens with two attached hydrogens (primary N) is 1. The highest BCUT2D eigenvalue weighted by molar-refractivity contribution is 5.79. The number of rotatable bonds is 3. The van der Waals surface area contributed by atoms with Crippen molar-refractivity contribution in [3.8, 4) is 0 Å². The molecule has 0 aliphatic heterocycles. The highest BCUT2D eigenvalue weighted by atomic mass is 16.4. The molecule has 1 rings (SSSR count). The maximum absolute atomic E-state index is 10.8. The van der Waals surface area contributed by atoms with Crippen molar-refractivity contribution in [1.29, 1.82) is 0 Å². The lowest BCUT2D eigenvalue weighted by Crippen LogP contribution is -2.43. The third-order valence-electron chi connectivity index (χ3n) is 1.90. The van der Waals surface area contributed by atoms with Gasteiger partial charge in [-0.3, -0.25) is 0 Å². The molecule has 0 saturated carbocycles. The third-order valence-corrected chi connectivity index (χ3v) is 1.90. The maximum atomic E-state index is 10.8. The van der Waals surface area contributed by atoms with Crippen LogP contribution in [0.2, 0.25) is 0 Å². The molecule has 4 nitrogen and oxygen atoms in total. The van der Waals surface area contributed by atoms with E-state index in [0.717, 1.165) is 0 Å². The number of hydrogen-bond donors (Lipinski definition) is 2. The lowest BCUT2D eigenvalue weighted by atomic mass is 9.95. The van der Waals surface area contributed by atoms with Gasteiger partial charge in [0.1, 0.15) is 5.76 Å². The van der Waals surface area contributed by atoms with Crippen molar-refractivity contribution in [2.75, 3.05) is 0 Å². The molecule has 0 radical (unpaired) electrons. The zero-order valence-electron chi connectivity index (χ0n) is 6.78. The smallest absolute Gasteiger partial charge is 0.331 e. The van der Waals surface area contributed by atoms with Crippen molar-refractivity contribution in [2.45, 2.75) is 18.9 Å². The molecule has 4 heteroatoms. The minimum atomic E-state index is -1.39. The molecular formula is C8H11NO3. The van der Waals surface area contributed by atoms with Crippen molar-refractivity contribution in [3.05, 3.63) is 24.2 Å². The van der Waals surface area contributed by atoms with E-state index in [0.29, 0.717) is 6.42 Å². The summed E-state index contributed by atoms with van der Waals surface area (Å²) in [5.41, 5.74) is 4.23. The molecule has 0 bridgehead atoms. The van der Waals surface area contributed by atoms with E-state index in [1.165, 1.54) is 6.26 Å². The predicted molar refractivity (Wildman–Crippen MR) is 42.5 cm³/mol. The Balaban J connectivity index is 3.04. The second kappa shape index (κ2) is 2.98. The van der Waals surface area contributed by atoms with Crippen molar-refractivity contribution in [1.82, 2.24) is 0 Å². The van der Waals surface area contributed by atoms with Crippen molar-refractivity contribution >= 4 is 5.97 Å². The summed E-state index contributed by atoms with van der Waals surface area (Å²) in [4.78, 5) is 10.8. The van der Waals surface area contributed by atoms with Gasteiger partial charge in [-0.15, -0.1) is 0 Å². The largest absolute Gasteiger partial charge is 0.480 e. The van der Waals surface area contributed by atoms with Crippen LogP contribution in [0.4, 0.5) is 0 Å². The quantitative estimate of drug-likeness (QED) is 0.705. The number of carbonyl (C=O) groups is 1. The van der Waals surface area contributed by atoms with Gasteiger partial charge in [0.05, 0.1) is 6.26 Å². The van der Waals surface area contributed by atoms with Gasteiger partial charge in [0.25, 0.3) is 0 Å². The normalized spacial score (nSPS) is 15.5. The van der Waals surface area contributed by atoms with E-state index in [1.807, 2.05) is 0 Å². The summed E-state index contributed by atoms with van der Waals surface area (Å²) in [6, 6.07) is 3.19. The zero-order valence-corrected chi connectivity index (χ0v) is 6.78. The Labute approximate surface area is 70.0 Å². The maximum Gasteiger partial charge on any atom is 0.331 e.